The monoisotopic (exact) mass is 519 g/mol. The molecule has 1 fully saturated rings. The van der Waals surface area contributed by atoms with E-state index in [1.54, 1.807) is 36.7 Å². The Hall–Kier alpha value is -3.56. The summed E-state index contributed by atoms with van der Waals surface area (Å²) in [5, 5.41) is 6.83. The van der Waals surface area contributed by atoms with Gasteiger partial charge in [0.2, 0.25) is 9.84 Å². The van der Waals surface area contributed by atoms with Crippen molar-refractivity contribution in [1.82, 2.24) is 15.6 Å². The van der Waals surface area contributed by atoms with Crippen molar-refractivity contribution in [2.75, 3.05) is 0 Å². The van der Waals surface area contributed by atoms with E-state index in [1.165, 1.54) is 35.6 Å². The minimum Gasteiger partial charge on any atom is -0.349 e. The quantitative estimate of drug-likeness (QED) is 0.367. The van der Waals surface area contributed by atoms with Crippen LogP contribution in [0.3, 0.4) is 0 Å². The first-order valence-corrected chi connectivity index (χ1v) is 14.1. The molecule has 1 aliphatic rings. The number of benzene rings is 2. The molecule has 0 unspecified atom stereocenters. The maximum atomic E-state index is 13.2. The van der Waals surface area contributed by atoms with Gasteiger partial charge < -0.3 is 10.6 Å². The zero-order chi connectivity index (χ0) is 25.1. The van der Waals surface area contributed by atoms with Gasteiger partial charge in [-0.15, -0.1) is 11.3 Å². The van der Waals surface area contributed by atoms with Crippen LogP contribution < -0.4 is 10.6 Å². The van der Waals surface area contributed by atoms with E-state index in [0.717, 1.165) is 41.3 Å². The Morgan fingerprint density at radius 2 is 1.72 bits per heavy atom. The summed E-state index contributed by atoms with van der Waals surface area (Å²) >= 11 is 1.37. The molecule has 2 heterocycles. The molecule has 184 valence electrons. The molecule has 2 N–H and O–H groups in total. The average molecular weight is 520 g/mol. The highest BCUT2D eigenvalue weighted by Gasteiger charge is 2.21. The molecule has 0 spiro atoms. The van der Waals surface area contributed by atoms with Gasteiger partial charge in [-0.1, -0.05) is 31.0 Å². The highest BCUT2D eigenvalue weighted by molar-refractivity contribution is 7.91. The van der Waals surface area contributed by atoms with Crippen LogP contribution in [0.4, 0.5) is 0 Å². The molecular formula is C27H25N3O4S2. The summed E-state index contributed by atoms with van der Waals surface area (Å²) in [6, 6.07) is 16.4. The summed E-state index contributed by atoms with van der Waals surface area (Å²) in [5.74, 6) is -0.444. The number of sulfone groups is 1. The molecule has 1 aliphatic carbocycles. The minimum atomic E-state index is -3.80. The predicted molar refractivity (Wildman–Crippen MR) is 139 cm³/mol. The fraction of sp³-hybridized carbons (Fsp3) is 0.222. The summed E-state index contributed by atoms with van der Waals surface area (Å²) in [6.07, 6.45) is 7.53. The smallest absolute Gasteiger partial charge is 0.261 e. The van der Waals surface area contributed by atoms with Crippen LogP contribution in [0.1, 0.15) is 51.3 Å². The van der Waals surface area contributed by atoms with Crippen molar-refractivity contribution in [3.05, 3.63) is 89.1 Å². The van der Waals surface area contributed by atoms with E-state index in [1.807, 2.05) is 12.1 Å². The van der Waals surface area contributed by atoms with E-state index in [9.17, 15) is 18.0 Å². The van der Waals surface area contributed by atoms with Crippen molar-refractivity contribution in [2.45, 2.75) is 48.1 Å². The Bertz CT molecular complexity index is 1490. The maximum absolute atomic E-state index is 13.2. The van der Waals surface area contributed by atoms with Crippen molar-refractivity contribution in [2.24, 2.45) is 0 Å². The van der Waals surface area contributed by atoms with Crippen LogP contribution in [0, 0.1) is 0 Å². The van der Waals surface area contributed by atoms with Gasteiger partial charge in [0.15, 0.2) is 0 Å². The van der Waals surface area contributed by atoms with Gasteiger partial charge in [0.05, 0.1) is 19.4 Å². The largest absolute Gasteiger partial charge is 0.349 e. The molecule has 7 nitrogen and oxygen atoms in total. The van der Waals surface area contributed by atoms with Crippen molar-refractivity contribution in [3.8, 4) is 0 Å². The summed E-state index contributed by atoms with van der Waals surface area (Å²) < 4.78 is 27.3. The summed E-state index contributed by atoms with van der Waals surface area (Å²) in [7, 11) is -3.80. The van der Waals surface area contributed by atoms with Crippen LogP contribution in [0.5, 0.6) is 0 Å². The maximum Gasteiger partial charge on any atom is 0.261 e. The number of pyridine rings is 1. The fourth-order valence-electron chi connectivity index (χ4n) is 4.33. The lowest BCUT2D eigenvalue weighted by molar-refractivity contribution is 0.0934. The van der Waals surface area contributed by atoms with Crippen LogP contribution in [0.2, 0.25) is 0 Å². The molecule has 0 aliphatic heterocycles. The number of fused-ring (bicyclic) bond motifs is 1. The van der Waals surface area contributed by atoms with E-state index < -0.39 is 9.84 Å². The molecule has 2 aromatic carbocycles. The highest BCUT2D eigenvalue weighted by atomic mass is 32.2. The highest BCUT2D eigenvalue weighted by Crippen LogP contribution is 2.25. The van der Waals surface area contributed by atoms with Crippen LogP contribution in [0.25, 0.3) is 10.1 Å². The standard InChI is InChI=1S/C27H25N3O4S2/c31-26(30-21-5-1-2-6-21)20-4-3-7-23(14-20)36(33,34)22-10-8-18(9-11-22)16-29-27(32)24-15-19-12-13-28-17-25(19)35-24/h3-4,7-15,17,21H,1-2,5-6,16H2,(H,29,32)(H,30,31). The Balaban J connectivity index is 1.25. The van der Waals surface area contributed by atoms with Crippen molar-refractivity contribution in [3.63, 3.8) is 0 Å². The number of nitrogens with zero attached hydrogens (tertiary/aromatic N) is 1. The van der Waals surface area contributed by atoms with Crippen molar-refractivity contribution >= 4 is 43.1 Å². The number of hydrogen-bond donors (Lipinski definition) is 2. The molecule has 0 saturated heterocycles. The number of rotatable bonds is 7. The van der Waals surface area contributed by atoms with Crippen LogP contribution in [-0.4, -0.2) is 31.3 Å². The third kappa shape index (κ3) is 5.17. The third-order valence-corrected chi connectivity index (χ3v) is 9.18. The number of amides is 2. The fourth-order valence-corrected chi connectivity index (χ4v) is 6.58. The second kappa shape index (κ2) is 10.2. The van der Waals surface area contributed by atoms with E-state index in [-0.39, 0.29) is 34.2 Å². The number of thiophene rings is 1. The van der Waals surface area contributed by atoms with Crippen LogP contribution in [-0.2, 0) is 16.4 Å². The topological polar surface area (TPSA) is 105 Å². The Labute approximate surface area is 213 Å². The van der Waals surface area contributed by atoms with Crippen molar-refractivity contribution < 1.29 is 18.0 Å². The van der Waals surface area contributed by atoms with Gasteiger partial charge in [0, 0.05) is 30.5 Å². The molecule has 1 saturated carbocycles. The number of carbonyl (C=O) groups excluding carboxylic acids is 2. The zero-order valence-corrected chi connectivity index (χ0v) is 21.1. The molecule has 0 radical (unpaired) electrons. The third-order valence-electron chi connectivity index (χ3n) is 6.33. The first-order valence-electron chi connectivity index (χ1n) is 11.8. The van der Waals surface area contributed by atoms with Gasteiger partial charge >= 0.3 is 0 Å². The van der Waals surface area contributed by atoms with Crippen LogP contribution in [0.15, 0.2) is 82.8 Å². The van der Waals surface area contributed by atoms with Gasteiger partial charge in [0.1, 0.15) is 0 Å². The number of carbonyl (C=O) groups is 2. The minimum absolute atomic E-state index is 0.0712. The second-order valence-electron chi connectivity index (χ2n) is 8.84. The Morgan fingerprint density at radius 1 is 0.944 bits per heavy atom. The second-order valence-corrected chi connectivity index (χ2v) is 11.9. The van der Waals surface area contributed by atoms with E-state index >= 15 is 0 Å². The van der Waals surface area contributed by atoms with Gasteiger partial charge in [-0.3, -0.25) is 14.6 Å². The lowest BCUT2D eigenvalue weighted by Gasteiger charge is -2.13. The van der Waals surface area contributed by atoms with Gasteiger partial charge in [0.25, 0.3) is 11.8 Å². The molecule has 2 aromatic heterocycles. The number of nitrogens with one attached hydrogen (secondary N) is 2. The lowest BCUT2D eigenvalue weighted by Crippen LogP contribution is -2.32. The molecule has 4 aromatic rings. The van der Waals surface area contributed by atoms with E-state index in [4.69, 9.17) is 0 Å². The Kier molecular flexibility index (Phi) is 6.84. The SMILES string of the molecule is O=C(NC1CCCC1)c1cccc(S(=O)(=O)c2ccc(CNC(=O)c3cc4ccncc4s3)cc2)c1. The molecular weight excluding hydrogens is 494 g/mol. The molecule has 9 heteroatoms. The lowest BCUT2D eigenvalue weighted by atomic mass is 10.2. The number of hydrogen-bond acceptors (Lipinski definition) is 6. The Morgan fingerprint density at radius 3 is 2.47 bits per heavy atom. The first kappa shape index (κ1) is 24.1. The van der Waals surface area contributed by atoms with E-state index in [0.29, 0.717) is 10.4 Å². The molecule has 5 rings (SSSR count). The zero-order valence-electron chi connectivity index (χ0n) is 19.4. The van der Waals surface area contributed by atoms with E-state index in [2.05, 4.69) is 15.6 Å². The van der Waals surface area contributed by atoms with Gasteiger partial charge in [-0.2, -0.15) is 0 Å². The average Bonchev–Trinajstić information content (AvgIpc) is 3.57. The van der Waals surface area contributed by atoms with Crippen molar-refractivity contribution in [1.29, 1.82) is 0 Å². The summed E-state index contributed by atoms with van der Waals surface area (Å²) in [5.41, 5.74) is 1.11. The van der Waals surface area contributed by atoms with Gasteiger partial charge in [-0.25, -0.2) is 8.42 Å². The summed E-state index contributed by atoms with van der Waals surface area (Å²) in [6.45, 7) is 0.266. The predicted octanol–water partition coefficient (Wildman–Crippen LogP) is 4.73. The summed E-state index contributed by atoms with van der Waals surface area (Å²) in [4.78, 5) is 30.0. The molecule has 0 bridgehead atoms. The number of aromatic nitrogens is 1. The molecule has 0 atom stereocenters. The normalized spacial score (nSPS) is 14.1. The molecule has 2 amide bonds. The van der Waals surface area contributed by atoms with Gasteiger partial charge in [-0.05, 0) is 66.3 Å². The first-order chi connectivity index (χ1) is 17.4. The van der Waals surface area contributed by atoms with Crippen LogP contribution >= 0.6 is 11.3 Å². The molecule has 36 heavy (non-hydrogen) atoms.